The Kier molecular flexibility index (Phi) is 4.19. The second-order valence-electron chi connectivity index (χ2n) is 5.01. The molecule has 0 saturated carbocycles. The lowest BCUT2D eigenvalue weighted by Crippen LogP contribution is -2.37. The van der Waals surface area contributed by atoms with Gasteiger partial charge in [-0.2, -0.15) is 0 Å². The van der Waals surface area contributed by atoms with Gasteiger partial charge in [0.1, 0.15) is 0 Å². The lowest BCUT2D eigenvalue weighted by Gasteiger charge is -2.31. The number of nitrogens with two attached hydrogens (primary N) is 1. The predicted molar refractivity (Wildman–Crippen MR) is 84.3 cm³/mol. The van der Waals surface area contributed by atoms with E-state index in [9.17, 15) is 0 Å². The van der Waals surface area contributed by atoms with Gasteiger partial charge in [-0.15, -0.1) is 11.3 Å². The first-order valence-electron chi connectivity index (χ1n) is 6.80. The minimum absolute atomic E-state index is 0.644. The SMILES string of the molecule is NCC1CCN(c2nccc(-c3ccc(Cl)s3)n2)CC1. The average Bonchev–Trinajstić information content (AvgIpc) is 2.94. The Hall–Kier alpha value is -1.17. The van der Waals surface area contributed by atoms with E-state index in [1.54, 1.807) is 11.3 Å². The fraction of sp³-hybridized carbons (Fsp3) is 0.429. The first-order valence-corrected chi connectivity index (χ1v) is 7.99. The Morgan fingerprint density at radius 2 is 2.10 bits per heavy atom. The van der Waals surface area contributed by atoms with Crippen LogP contribution in [0.15, 0.2) is 24.4 Å². The Bertz CT molecular complexity index is 578. The van der Waals surface area contributed by atoms with Gasteiger partial charge in [0.2, 0.25) is 5.95 Å². The van der Waals surface area contributed by atoms with Crippen molar-refractivity contribution in [3.63, 3.8) is 0 Å². The van der Waals surface area contributed by atoms with E-state index in [1.807, 2.05) is 24.4 Å². The van der Waals surface area contributed by atoms with E-state index < -0.39 is 0 Å². The van der Waals surface area contributed by atoms with Gasteiger partial charge in [0.25, 0.3) is 0 Å². The Labute approximate surface area is 127 Å². The van der Waals surface area contributed by atoms with Crippen LogP contribution in [0, 0.1) is 5.92 Å². The Morgan fingerprint density at radius 1 is 1.30 bits per heavy atom. The van der Waals surface area contributed by atoms with Crippen molar-refractivity contribution < 1.29 is 0 Å². The van der Waals surface area contributed by atoms with Crippen LogP contribution in [-0.4, -0.2) is 29.6 Å². The second kappa shape index (κ2) is 6.08. The van der Waals surface area contributed by atoms with Crippen LogP contribution in [0.5, 0.6) is 0 Å². The maximum Gasteiger partial charge on any atom is 0.225 e. The first-order chi connectivity index (χ1) is 9.76. The number of aromatic nitrogens is 2. The van der Waals surface area contributed by atoms with E-state index in [0.717, 1.165) is 53.3 Å². The lowest BCUT2D eigenvalue weighted by molar-refractivity contribution is 0.411. The Balaban J connectivity index is 1.78. The van der Waals surface area contributed by atoms with Crippen LogP contribution < -0.4 is 10.6 Å². The normalized spacial score (nSPS) is 16.6. The second-order valence-corrected chi connectivity index (χ2v) is 6.73. The van der Waals surface area contributed by atoms with E-state index in [1.165, 1.54) is 0 Å². The molecule has 0 amide bonds. The minimum Gasteiger partial charge on any atom is -0.341 e. The van der Waals surface area contributed by atoms with Crippen LogP contribution in [0.2, 0.25) is 4.34 Å². The highest BCUT2D eigenvalue weighted by molar-refractivity contribution is 7.19. The summed E-state index contributed by atoms with van der Waals surface area (Å²) in [6.45, 7) is 2.75. The molecule has 0 bridgehead atoms. The summed E-state index contributed by atoms with van der Waals surface area (Å²) < 4.78 is 0.781. The van der Waals surface area contributed by atoms with E-state index in [2.05, 4.69) is 14.9 Å². The van der Waals surface area contributed by atoms with Crippen molar-refractivity contribution in [2.45, 2.75) is 12.8 Å². The third-order valence-electron chi connectivity index (χ3n) is 3.70. The summed E-state index contributed by atoms with van der Waals surface area (Å²) in [5, 5.41) is 0. The number of halogens is 1. The summed E-state index contributed by atoms with van der Waals surface area (Å²) >= 11 is 7.52. The molecule has 1 aliphatic heterocycles. The monoisotopic (exact) mass is 308 g/mol. The zero-order valence-corrected chi connectivity index (χ0v) is 12.7. The molecule has 1 saturated heterocycles. The number of piperidine rings is 1. The van der Waals surface area contributed by atoms with Crippen molar-refractivity contribution >= 4 is 28.9 Å². The molecule has 0 spiro atoms. The van der Waals surface area contributed by atoms with Crippen LogP contribution in [0.4, 0.5) is 5.95 Å². The molecule has 3 rings (SSSR count). The number of thiophene rings is 1. The zero-order chi connectivity index (χ0) is 13.9. The molecular weight excluding hydrogens is 292 g/mol. The van der Waals surface area contributed by atoms with Gasteiger partial charge in [0.15, 0.2) is 0 Å². The number of nitrogens with zero attached hydrogens (tertiary/aromatic N) is 3. The van der Waals surface area contributed by atoms with Gasteiger partial charge in [0, 0.05) is 19.3 Å². The van der Waals surface area contributed by atoms with Crippen LogP contribution in [0.25, 0.3) is 10.6 Å². The lowest BCUT2D eigenvalue weighted by atomic mass is 9.97. The summed E-state index contributed by atoms with van der Waals surface area (Å²) in [4.78, 5) is 12.4. The molecule has 6 heteroatoms. The van der Waals surface area contributed by atoms with Gasteiger partial charge in [-0.3, -0.25) is 0 Å². The number of hydrogen-bond donors (Lipinski definition) is 1. The van der Waals surface area contributed by atoms with Crippen LogP contribution >= 0.6 is 22.9 Å². The molecule has 106 valence electrons. The van der Waals surface area contributed by atoms with E-state index in [4.69, 9.17) is 17.3 Å². The predicted octanol–water partition coefficient (Wildman–Crippen LogP) is 3.03. The standard InChI is InChI=1S/C14H17ClN4S/c15-13-2-1-12(20-13)11-3-6-17-14(18-11)19-7-4-10(9-16)5-8-19/h1-3,6,10H,4-5,7-9,16H2. The van der Waals surface area contributed by atoms with E-state index in [-0.39, 0.29) is 0 Å². The first kappa shape index (κ1) is 13.8. The molecule has 0 aliphatic carbocycles. The highest BCUT2D eigenvalue weighted by Gasteiger charge is 2.20. The van der Waals surface area contributed by atoms with Crippen molar-refractivity contribution in [2.75, 3.05) is 24.5 Å². The molecule has 0 unspecified atom stereocenters. The van der Waals surface area contributed by atoms with Gasteiger partial charge in [-0.1, -0.05) is 11.6 Å². The maximum absolute atomic E-state index is 5.98. The molecule has 0 aromatic carbocycles. The van der Waals surface area contributed by atoms with Gasteiger partial charge in [-0.25, -0.2) is 9.97 Å². The van der Waals surface area contributed by atoms with Gasteiger partial charge >= 0.3 is 0 Å². The van der Waals surface area contributed by atoms with Crippen molar-refractivity contribution in [1.82, 2.24) is 9.97 Å². The van der Waals surface area contributed by atoms with Crippen LogP contribution in [0.1, 0.15) is 12.8 Å². The van der Waals surface area contributed by atoms with Gasteiger partial charge in [-0.05, 0) is 43.5 Å². The molecule has 2 aromatic heterocycles. The molecule has 4 nitrogen and oxygen atoms in total. The molecule has 0 radical (unpaired) electrons. The molecule has 1 aliphatic rings. The average molecular weight is 309 g/mol. The third-order valence-corrected chi connectivity index (χ3v) is 4.95. The molecular formula is C14H17ClN4S. The number of rotatable bonds is 3. The van der Waals surface area contributed by atoms with Crippen molar-refractivity contribution in [1.29, 1.82) is 0 Å². The summed E-state index contributed by atoms with van der Waals surface area (Å²) in [5.74, 6) is 1.45. The molecule has 20 heavy (non-hydrogen) atoms. The summed E-state index contributed by atoms with van der Waals surface area (Å²) in [7, 11) is 0. The molecule has 3 heterocycles. The smallest absolute Gasteiger partial charge is 0.225 e. The largest absolute Gasteiger partial charge is 0.341 e. The molecule has 2 N–H and O–H groups in total. The van der Waals surface area contributed by atoms with Crippen molar-refractivity contribution in [3.05, 3.63) is 28.7 Å². The van der Waals surface area contributed by atoms with Crippen LogP contribution in [0.3, 0.4) is 0 Å². The summed E-state index contributed by atoms with van der Waals surface area (Å²) in [5.41, 5.74) is 6.67. The highest BCUT2D eigenvalue weighted by Crippen LogP contribution is 2.30. The summed E-state index contributed by atoms with van der Waals surface area (Å²) in [6, 6.07) is 5.83. The minimum atomic E-state index is 0.644. The van der Waals surface area contributed by atoms with E-state index in [0.29, 0.717) is 5.92 Å². The highest BCUT2D eigenvalue weighted by atomic mass is 35.5. The Morgan fingerprint density at radius 3 is 2.75 bits per heavy atom. The van der Waals surface area contributed by atoms with Gasteiger partial charge < -0.3 is 10.6 Å². The molecule has 0 atom stereocenters. The third kappa shape index (κ3) is 2.95. The molecule has 2 aromatic rings. The van der Waals surface area contributed by atoms with Crippen LogP contribution in [-0.2, 0) is 0 Å². The van der Waals surface area contributed by atoms with E-state index >= 15 is 0 Å². The zero-order valence-electron chi connectivity index (χ0n) is 11.1. The topological polar surface area (TPSA) is 55.0 Å². The summed E-state index contributed by atoms with van der Waals surface area (Å²) in [6.07, 6.45) is 4.06. The number of anilines is 1. The quantitative estimate of drug-likeness (QED) is 0.947. The fourth-order valence-electron chi connectivity index (χ4n) is 2.46. The van der Waals surface area contributed by atoms with Gasteiger partial charge in [0.05, 0.1) is 14.9 Å². The molecule has 1 fully saturated rings. The fourth-order valence-corrected chi connectivity index (χ4v) is 3.47. The van der Waals surface area contributed by atoms with Crippen molar-refractivity contribution in [2.24, 2.45) is 11.7 Å². The van der Waals surface area contributed by atoms with Crippen molar-refractivity contribution in [3.8, 4) is 10.6 Å². The maximum atomic E-state index is 5.98. The number of hydrogen-bond acceptors (Lipinski definition) is 5.